The van der Waals surface area contributed by atoms with Gasteiger partial charge in [-0.15, -0.1) is 16.4 Å². The summed E-state index contributed by atoms with van der Waals surface area (Å²) in [5.74, 6) is 0.299. The maximum Gasteiger partial charge on any atom is 0.386 e. The molecule has 220 valence electrons. The summed E-state index contributed by atoms with van der Waals surface area (Å²) in [4.78, 5) is 42.7. The maximum absolute atomic E-state index is 15.8. The van der Waals surface area contributed by atoms with Crippen molar-refractivity contribution in [3.05, 3.63) is 34.2 Å². The van der Waals surface area contributed by atoms with Crippen LogP contribution in [0.15, 0.2) is 22.8 Å². The van der Waals surface area contributed by atoms with E-state index in [4.69, 9.17) is 40.4 Å². The van der Waals surface area contributed by atoms with E-state index in [-0.39, 0.29) is 42.7 Å². The van der Waals surface area contributed by atoms with Gasteiger partial charge >= 0.3 is 13.5 Å². The molecular weight excluding hydrogens is 647 g/mol. The van der Waals surface area contributed by atoms with Crippen LogP contribution < -0.4 is 11.3 Å². The number of nitrogen functional groups attached to an aromatic ring is 1. The quantitative estimate of drug-likeness (QED) is 0.176. The average Bonchev–Trinajstić information content (AvgIpc) is 3.69. The second kappa shape index (κ2) is 11.2. The number of anilines is 1. The summed E-state index contributed by atoms with van der Waals surface area (Å²) >= 11 is 10.5. The van der Waals surface area contributed by atoms with E-state index >= 15 is 4.39 Å². The summed E-state index contributed by atoms with van der Waals surface area (Å²) in [5, 5.41) is 4.40. The van der Waals surface area contributed by atoms with Gasteiger partial charge in [0.05, 0.1) is 36.5 Å². The van der Waals surface area contributed by atoms with Crippen molar-refractivity contribution in [1.29, 1.82) is 0 Å². The number of thiazole rings is 1. The number of fused-ring (bicyclic) bond motifs is 4. The number of halogens is 1. The lowest BCUT2D eigenvalue weighted by atomic mass is 10.1. The van der Waals surface area contributed by atoms with Gasteiger partial charge in [0.25, 0.3) is 5.56 Å². The first-order valence-electron chi connectivity index (χ1n) is 11.6. The minimum Gasteiger partial charge on any atom is -0.369 e. The van der Waals surface area contributed by atoms with Crippen LogP contribution in [0.1, 0.15) is 12.1 Å². The van der Waals surface area contributed by atoms with Crippen molar-refractivity contribution < 1.29 is 36.7 Å². The molecule has 0 saturated carbocycles. The normalized spacial score (nSPS) is 31.5. The number of hydrogen-bond acceptors (Lipinski definition) is 15. The van der Waals surface area contributed by atoms with E-state index in [1.165, 1.54) is 26.9 Å². The number of alkyl halides is 1. The summed E-state index contributed by atoms with van der Waals surface area (Å²) in [6.45, 7) is -9.26. The molecule has 2 aliphatic rings. The van der Waals surface area contributed by atoms with Crippen molar-refractivity contribution >= 4 is 66.0 Å². The van der Waals surface area contributed by atoms with Gasteiger partial charge in [0.15, 0.2) is 35.2 Å². The molecule has 17 nitrogen and oxygen atoms in total. The fourth-order valence-corrected chi connectivity index (χ4v) is 7.20. The van der Waals surface area contributed by atoms with Crippen LogP contribution in [-0.4, -0.2) is 75.8 Å². The number of imidazole rings is 1. The Hall–Kier alpha value is -2.16. The number of thiol groups is 1. The Balaban J connectivity index is 1.35. The zero-order chi connectivity index (χ0) is 28.9. The summed E-state index contributed by atoms with van der Waals surface area (Å²) in [7, 11) is 0. The second-order valence-corrected chi connectivity index (χ2v) is 15.2. The molecule has 1 fully saturated rings. The number of rotatable bonds is 2. The Kier molecular flexibility index (Phi) is 7.88. The third-order valence-corrected chi connectivity index (χ3v) is 9.95. The van der Waals surface area contributed by atoms with Crippen molar-refractivity contribution in [2.75, 3.05) is 18.9 Å². The van der Waals surface area contributed by atoms with Crippen molar-refractivity contribution in [1.82, 2.24) is 39.3 Å². The van der Waals surface area contributed by atoms with Gasteiger partial charge in [-0.25, -0.2) is 23.6 Å². The van der Waals surface area contributed by atoms with Gasteiger partial charge in [0.1, 0.15) is 18.8 Å². The maximum atomic E-state index is 15.8. The van der Waals surface area contributed by atoms with E-state index in [2.05, 4.69) is 42.3 Å². The molecule has 4 N–H and O–H groups in total. The Bertz CT molecular complexity index is 1740. The lowest BCUT2D eigenvalue weighted by Crippen LogP contribution is -2.32. The molecule has 6 atom stereocenters. The van der Waals surface area contributed by atoms with E-state index in [0.29, 0.717) is 10.7 Å². The summed E-state index contributed by atoms with van der Waals surface area (Å²) in [6, 6.07) is 0. The molecular formula is C18H20FN9O8P2S3. The van der Waals surface area contributed by atoms with E-state index in [1.54, 1.807) is 11.7 Å². The van der Waals surface area contributed by atoms with Crippen LogP contribution in [0.25, 0.3) is 21.9 Å². The molecule has 2 unspecified atom stereocenters. The fraction of sp³-hybridized carbons (Fsp3) is 0.444. The highest BCUT2D eigenvalue weighted by Crippen LogP contribution is 2.55. The molecule has 2 bridgehead atoms. The SMILES string of the molecule is Nc1nc2c(ncn2[C@@H]2O[C@@H]3COP(=O)(S)OCCn4nc(-c5cncs5)nc4COP(O)(=S)O[C@@H]2[C@@H]3F)c(=O)[nH]1. The van der Waals surface area contributed by atoms with Crippen LogP contribution in [0.3, 0.4) is 0 Å². The first kappa shape index (κ1) is 28.9. The largest absolute Gasteiger partial charge is 0.386 e. The average molecular weight is 668 g/mol. The van der Waals surface area contributed by atoms with E-state index in [1.807, 2.05) is 0 Å². The van der Waals surface area contributed by atoms with Gasteiger partial charge in [-0.05, 0) is 11.8 Å². The smallest absolute Gasteiger partial charge is 0.369 e. The number of H-pyrrole nitrogens is 1. The molecule has 23 heteroatoms. The highest BCUT2D eigenvalue weighted by molar-refractivity contribution is 8.44. The van der Waals surface area contributed by atoms with Gasteiger partial charge in [0.2, 0.25) is 5.95 Å². The Morgan fingerprint density at radius 1 is 1.32 bits per heavy atom. The molecule has 0 radical (unpaired) electrons. The van der Waals surface area contributed by atoms with Crippen molar-refractivity contribution in [3.63, 3.8) is 0 Å². The van der Waals surface area contributed by atoms with E-state index < -0.39 is 50.3 Å². The molecule has 0 aromatic carbocycles. The lowest BCUT2D eigenvalue weighted by Gasteiger charge is -2.25. The lowest BCUT2D eigenvalue weighted by molar-refractivity contribution is -0.0456. The molecule has 6 heterocycles. The van der Waals surface area contributed by atoms with Crippen LogP contribution in [-0.2, 0) is 52.4 Å². The standard InChI is InChI=1S/C18H20FN9O8P2S3/c19-11-8-4-33-37(30,39)32-2-1-28-10(23-14(26-28)9-3-21-7-41-9)5-34-38(31,40)36-13(11)17(35-8)27-6-22-12-15(27)24-18(20)25-16(12)29/h3,6-8,11,13,17H,1-2,4-5H2,(H,30,39)(H,31,40)(H3,20,24,25,29)/t8-,11-,13-,17-,37?,38?/m1/s1. The molecule has 2 aliphatic heterocycles. The van der Waals surface area contributed by atoms with Gasteiger partial charge < -0.3 is 19.9 Å². The highest BCUT2D eigenvalue weighted by Gasteiger charge is 2.50. The van der Waals surface area contributed by atoms with Crippen LogP contribution in [0.4, 0.5) is 10.3 Å². The van der Waals surface area contributed by atoms with Crippen molar-refractivity contribution in [2.24, 2.45) is 0 Å². The molecule has 41 heavy (non-hydrogen) atoms. The fourth-order valence-electron chi connectivity index (χ4n) is 4.16. The summed E-state index contributed by atoms with van der Waals surface area (Å²) < 4.78 is 58.9. The van der Waals surface area contributed by atoms with Crippen LogP contribution in [0, 0.1) is 0 Å². The summed E-state index contributed by atoms with van der Waals surface area (Å²) in [6.07, 6.45) is -3.67. The topological polar surface area (TPSA) is 217 Å². The second-order valence-electron chi connectivity index (χ2n) is 8.63. The van der Waals surface area contributed by atoms with Crippen LogP contribution in [0.5, 0.6) is 0 Å². The van der Waals surface area contributed by atoms with Crippen LogP contribution in [0.2, 0.25) is 0 Å². The van der Waals surface area contributed by atoms with Gasteiger partial charge in [-0.1, -0.05) is 12.2 Å². The van der Waals surface area contributed by atoms with Gasteiger partial charge in [-0.3, -0.25) is 32.9 Å². The Morgan fingerprint density at radius 2 is 2.15 bits per heavy atom. The molecule has 1 saturated heterocycles. The number of nitrogens with one attached hydrogen (secondary N) is 1. The first-order chi connectivity index (χ1) is 19.5. The number of nitrogens with two attached hydrogens (primary N) is 1. The zero-order valence-electron chi connectivity index (χ0n) is 20.4. The Morgan fingerprint density at radius 3 is 2.93 bits per heavy atom. The molecule has 4 aromatic rings. The number of aromatic nitrogens is 8. The number of hydrogen-bond donors (Lipinski definition) is 4. The monoisotopic (exact) mass is 667 g/mol. The third-order valence-electron chi connectivity index (χ3n) is 5.96. The van der Waals surface area contributed by atoms with Crippen LogP contribution >= 0.6 is 37.1 Å². The predicted octanol–water partition coefficient (Wildman–Crippen LogP) is 1.56. The van der Waals surface area contributed by atoms with Gasteiger partial charge in [0, 0.05) is 6.20 Å². The number of aromatic amines is 1. The molecule has 4 aromatic heterocycles. The molecule has 0 aliphatic carbocycles. The first-order valence-corrected chi connectivity index (χ1v) is 17.8. The Labute approximate surface area is 243 Å². The van der Waals surface area contributed by atoms with Crippen molar-refractivity contribution in [2.45, 2.75) is 37.8 Å². The van der Waals surface area contributed by atoms with Crippen molar-refractivity contribution in [3.8, 4) is 10.7 Å². The molecule has 6 rings (SSSR count). The van der Waals surface area contributed by atoms with E-state index in [9.17, 15) is 14.3 Å². The highest BCUT2D eigenvalue weighted by atomic mass is 32.7. The zero-order valence-corrected chi connectivity index (χ0v) is 24.7. The summed E-state index contributed by atoms with van der Waals surface area (Å²) in [5.41, 5.74) is 6.49. The minimum atomic E-state index is -4.17. The predicted molar refractivity (Wildman–Crippen MR) is 147 cm³/mol. The number of ether oxygens (including phenoxy) is 1. The third kappa shape index (κ3) is 6.02. The molecule has 0 amide bonds. The van der Waals surface area contributed by atoms with Gasteiger partial charge in [-0.2, -0.15) is 4.98 Å². The minimum absolute atomic E-state index is 0.0485. The molecule has 0 spiro atoms. The number of nitrogens with zero attached hydrogens (tertiary/aromatic N) is 7. The van der Waals surface area contributed by atoms with E-state index in [0.717, 1.165) is 0 Å².